The van der Waals surface area contributed by atoms with E-state index in [4.69, 9.17) is 0 Å². The fourth-order valence-electron chi connectivity index (χ4n) is 2.05. The molecule has 0 spiro atoms. The van der Waals surface area contributed by atoms with Gasteiger partial charge >= 0.3 is 0 Å². The first kappa shape index (κ1) is 11.0. The molecule has 1 aliphatic rings. The Morgan fingerprint density at radius 3 is 2.38 bits per heavy atom. The van der Waals surface area contributed by atoms with Crippen molar-refractivity contribution in [3.63, 3.8) is 0 Å². The van der Waals surface area contributed by atoms with Gasteiger partial charge in [0.25, 0.3) is 0 Å². The molecule has 0 aromatic carbocycles. The van der Waals surface area contributed by atoms with Crippen molar-refractivity contribution in [3.8, 4) is 0 Å². The van der Waals surface area contributed by atoms with Gasteiger partial charge in [-0.1, -0.05) is 20.8 Å². The number of hydrogen-bond acceptors (Lipinski definition) is 2. The minimum atomic E-state index is 0.295. The lowest BCUT2D eigenvalue weighted by molar-refractivity contribution is 0.115. The number of rotatable bonds is 1. The van der Waals surface area contributed by atoms with Crippen LogP contribution in [0.5, 0.6) is 0 Å². The highest BCUT2D eigenvalue weighted by molar-refractivity contribution is 4.87. The molecule has 1 rings (SSSR count). The molecule has 78 valence electrons. The minimum absolute atomic E-state index is 0.295. The van der Waals surface area contributed by atoms with E-state index in [-0.39, 0.29) is 0 Å². The molecule has 1 N–H and O–H groups in total. The van der Waals surface area contributed by atoms with Crippen molar-refractivity contribution in [1.29, 1.82) is 0 Å². The largest absolute Gasteiger partial charge is 0.309 e. The quantitative estimate of drug-likeness (QED) is 0.667. The molecule has 1 fully saturated rings. The SMILES string of the molecule is CC(C)(C)CN1CCNC(C)(C)C1. The van der Waals surface area contributed by atoms with Gasteiger partial charge in [0.05, 0.1) is 0 Å². The molecular weight excluding hydrogens is 160 g/mol. The van der Waals surface area contributed by atoms with Gasteiger partial charge in [0.2, 0.25) is 0 Å². The van der Waals surface area contributed by atoms with Crippen LogP contribution in [0.3, 0.4) is 0 Å². The first-order valence-corrected chi connectivity index (χ1v) is 5.26. The van der Waals surface area contributed by atoms with E-state index in [0.717, 1.165) is 6.54 Å². The van der Waals surface area contributed by atoms with Gasteiger partial charge in [-0.05, 0) is 19.3 Å². The van der Waals surface area contributed by atoms with Crippen molar-refractivity contribution in [2.45, 2.75) is 40.2 Å². The summed E-state index contributed by atoms with van der Waals surface area (Å²) in [6, 6.07) is 0. The van der Waals surface area contributed by atoms with E-state index in [1.54, 1.807) is 0 Å². The average Bonchev–Trinajstić information content (AvgIpc) is 1.79. The van der Waals surface area contributed by atoms with Crippen LogP contribution in [-0.4, -0.2) is 36.6 Å². The molecule has 0 aliphatic carbocycles. The first-order chi connectivity index (χ1) is 5.79. The molecule has 0 bridgehead atoms. The molecule has 0 saturated carbocycles. The van der Waals surface area contributed by atoms with E-state index in [1.165, 1.54) is 19.6 Å². The highest BCUT2D eigenvalue weighted by atomic mass is 15.2. The van der Waals surface area contributed by atoms with Gasteiger partial charge in [-0.2, -0.15) is 0 Å². The van der Waals surface area contributed by atoms with Crippen LogP contribution in [0.1, 0.15) is 34.6 Å². The molecule has 0 radical (unpaired) electrons. The maximum atomic E-state index is 3.53. The van der Waals surface area contributed by atoms with Gasteiger partial charge in [0, 0.05) is 31.7 Å². The second-order valence-electron chi connectivity index (χ2n) is 6.08. The Morgan fingerprint density at radius 1 is 1.31 bits per heavy atom. The molecule has 0 unspecified atom stereocenters. The molecule has 13 heavy (non-hydrogen) atoms. The third-order valence-corrected chi connectivity index (χ3v) is 2.35. The zero-order valence-electron chi connectivity index (χ0n) is 9.78. The van der Waals surface area contributed by atoms with Crippen LogP contribution in [0.15, 0.2) is 0 Å². The van der Waals surface area contributed by atoms with Crippen LogP contribution in [0.25, 0.3) is 0 Å². The standard InChI is InChI=1S/C11H24N2/c1-10(2,3)8-13-7-6-12-11(4,5)9-13/h12H,6-9H2,1-5H3. The lowest BCUT2D eigenvalue weighted by Gasteiger charge is -2.41. The Labute approximate surface area is 82.7 Å². The monoisotopic (exact) mass is 184 g/mol. The Kier molecular flexibility index (Phi) is 3.03. The molecule has 1 saturated heterocycles. The summed E-state index contributed by atoms with van der Waals surface area (Å²) in [6.07, 6.45) is 0. The normalized spacial score (nSPS) is 24.7. The van der Waals surface area contributed by atoms with Gasteiger partial charge in [-0.25, -0.2) is 0 Å². The molecule has 2 nitrogen and oxygen atoms in total. The molecule has 0 aromatic heterocycles. The molecule has 1 heterocycles. The smallest absolute Gasteiger partial charge is 0.0252 e. The van der Waals surface area contributed by atoms with Crippen molar-refractivity contribution in [3.05, 3.63) is 0 Å². The summed E-state index contributed by atoms with van der Waals surface area (Å²) in [7, 11) is 0. The second-order valence-corrected chi connectivity index (χ2v) is 6.08. The van der Waals surface area contributed by atoms with E-state index in [1.807, 2.05) is 0 Å². The van der Waals surface area contributed by atoms with Crippen LogP contribution in [0, 0.1) is 5.41 Å². The van der Waals surface area contributed by atoms with E-state index in [0.29, 0.717) is 11.0 Å². The number of hydrogen-bond donors (Lipinski definition) is 1. The predicted octanol–water partition coefficient (Wildman–Crippen LogP) is 1.72. The summed E-state index contributed by atoms with van der Waals surface area (Å²) in [5.74, 6) is 0. The first-order valence-electron chi connectivity index (χ1n) is 5.26. The van der Waals surface area contributed by atoms with Crippen LogP contribution < -0.4 is 5.32 Å². The summed E-state index contributed by atoms with van der Waals surface area (Å²) in [6.45, 7) is 16.2. The van der Waals surface area contributed by atoms with E-state index in [2.05, 4.69) is 44.8 Å². The van der Waals surface area contributed by atoms with E-state index >= 15 is 0 Å². The number of piperazine rings is 1. The average molecular weight is 184 g/mol. The van der Waals surface area contributed by atoms with Crippen LogP contribution in [-0.2, 0) is 0 Å². The second kappa shape index (κ2) is 3.58. The Bertz CT molecular complexity index is 165. The topological polar surface area (TPSA) is 15.3 Å². The minimum Gasteiger partial charge on any atom is -0.309 e. The van der Waals surface area contributed by atoms with Crippen molar-refractivity contribution in [2.75, 3.05) is 26.2 Å². The lowest BCUT2D eigenvalue weighted by atomic mass is 9.94. The fraction of sp³-hybridized carbons (Fsp3) is 1.00. The summed E-state index contributed by atoms with van der Waals surface area (Å²) in [5, 5.41) is 3.53. The summed E-state index contributed by atoms with van der Waals surface area (Å²) in [4.78, 5) is 2.57. The maximum Gasteiger partial charge on any atom is 0.0252 e. The van der Waals surface area contributed by atoms with Gasteiger partial charge < -0.3 is 5.32 Å². The zero-order chi connectivity index (χ0) is 10.1. The van der Waals surface area contributed by atoms with E-state index < -0.39 is 0 Å². The van der Waals surface area contributed by atoms with Crippen LogP contribution >= 0.6 is 0 Å². The van der Waals surface area contributed by atoms with Gasteiger partial charge in [0.1, 0.15) is 0 Å². The van der Waals surface area contributed by atoms with Crippen LogP contribution in [0.2, 0.25) is 0 Å². The van der Waals surface area contributed by atoms with Crippen LogP contribution in [0.4, 0.5) is 0 Å². The molecule has 0 amide bonds. The predicted molar refractivity (Wildman–Crippen MR) is 58.0 cm³/mol. The molecule has 0 aromatic rings. The summed E-state index contributed by atoms with van der Waals surface area (Å²) >= 11 is 0. The lowest BCUT2D eigenvalue weighted by Crippen LogP contribution is -2.58. The Balaban J connectivity index is 2.44. The summed E-state index contributed by atoms with van der Waals surface area (Å²) in [5.41, 5.74) is 0.719. The van der Waals surface area contributed by atoms with Gasteiger partial charge in [0.15, 0.2) is 0 Å². The fourth-order valence-corrected chi connectivity index (χ4v) is 2.05. The molecular formula is C11H24N2. The van der Waals surface area contributed by atoms with E-state index in [9.17, 15) is 0 Å². The highest BCUT2D eigenvalue weighted by Crippen LogP contribution is 2.18. The maximum absolute atomic E-state index is 3.53. The number of nitrogens with zero attached hydrogens (tertiary/aromatic N) is 1. The third kappa shape index (κ3) is 4.10. The molecule has 1 aliphatic heterocycles. The van der Waals surface area contributed by atoms with Crippen molar-refractivity contribution < 1.29 is 0 Å². The summed E-state index contributed by atoms with van der Waals surface area (Å²) < 4.78 is 0. The van der Waals surface area contributed by atoms with Gasteiger partial charge in [-0.3, -0.25) is 4.90 Å². The third-order valence-electron chi connectivity index (χ3n) is 2.35. The number of nitrogens with one attached hydrogen (secondary N) is 1. The highest BCUT2D eigenvalue weighted by Gasteiger charge is 2.27. The van der Waals surface area contributed by atoms with Gasteiger partial charge in [-0.15, -0.1) is 0 Å². The Hall–Kier alpha value is -0.0800. The van der Waals surface area contributed by atoms with Crippen molar-refractivity contribution in [2.24, 2.45) is 5.41 Å². The van der Waals surface area contributed by atoms with Crippen molar-refractivity contribution >= 4 is 0 Å². The molecule has 2 heteroatoms. The van der Waals surface area contributed by atoms with Crippen molar-refractivity contribution in [1.82, 2.24) is 10.2 Å². The zero-order valence-corrected chi connectivity index (χ0v) is 9.78. The molecule has 0 atom stereocenters. The Morgan fingerprint density at radius 2 is 1.92 bits per heavy atom.